The van der Waals surface area contributed by atoms with Crippen LogP contribution in [0.2, 0.25) is 0 Å². The molecule has 16 heavy (non-hydrogen) atoms. The highest BCUT2D eigenvalue weighted by Crippen LogP contribution is 2.10. The number of amides is 2. The number of carbonyl (C=O) groups excluding carboxylic acids is 1. The van der Waals surface area contributed by atoms with Gasteiger partial charge in [-0.15, -0.1) is 0 Å². The highest BCUT2D eigenvalue weighted by molar-refractivity contribution is 5.68. The van der Waals surface area contributed by atoms with E-state index in [4.69, 9.17) is 9.84 Å². The molecule has 2 N–H and O–H groups in total. The second kappa shape index (κ2) is 5.58. The molecule has 6 heteroatoms. The molecule has 0 radical (unpaired) electrons. The van der Waals surface area contributed by atoms with Crippen molar-refractivity contribution < 1.29 is 19.4 Å². The average molecular weight is 232 g/mol. The summed E-state index contributed by atoms with van der Waals surface area (Å²) in [6.45, 7) is 7.24. The Kier molecular flexibility index (Phi) is 5.07. The highest BCUT2D eigenvalue weighted by atomic mass is 16.6. The lowest BCUT2D eigenvalue weighted by atomic mass is 10.2. The summed E-state index contributed by atoms with van der Waals surface area (Å²) in [7, 11) is 1.57. The van der Waals surface area contributed by atoms with E-state index >= 15 is 0 Å². The van der Waals surface area contributed by atoms with Crippen LogP contribution in [0.5, 0.6) is 0 Å². The number of hydrogen-bond donors (Lipinski definition) is 2. The van der Waals surface area contributed by atoms with Gasteiger partial charge in [0.1, 0.15) is 5.60 Å². The van der Waals surface area contributed by atoms with E-state index in [9.17, 15) is 9.59 Å². The first-order valence-corrected chi connectivity index (χ1v) is 5.06. The number of carboxylic acid groups (broad SMARTS) is 1. The fourth-order valence-corrected chi connectivity index (χ4v) is 0.886. The minimum atomic E-state index is -1.11. The molecule has 0 aliphatic rings. The fourth-order valence-electron chi connectivity index (χ4n) is 0.886. The summed E-state index contributed by atoms with van der Waals surface area (Å²) in [5.74, 6) is 0. The molecule has 2 amide bonds. The third-order valence-corrected chi connectivity index (χ3v) is 1.89. The van der Waals surface area contributed by atoms with E-state index in [0.29, 0.717) is 0 Å². The molecule has 0 aromatic carbocycles. The lowest BCUT2D eigenvalue weighted by molar-refractivity contribution is 0.0235. The second-order valence-electron chi connectivity index (χ2n) is 4.63. The molecule has 1 unspecified atom stereocenters. The standard InChI is InChI=1S/C10H20N2O4/c1-7(6-11-8(13)14)12(5)9(15)16-10(2,3)4/h7,11H,6H2,1-5H3,(H,13,14). The molecule has 0 saturated heterocycles. The molecule has 0 aliphatic carbocycles. The van der Waals surface area contributed by atoms with Crippen molar-refractivity contribution in [2.75, 3.05) is 13.6 Å². The third kappa shape index (κ3) is 6.10. The van der Waals surface area contributed by atoms with Crippen molar-refractivity contribution in [3.8, 4) is 0 Å². The summed E-state index contributed by atoms with van der Waals surface area (Å²) in [5.41, 5.74) is -0.550. The summed E-state index contributed by atoms with van der Waals surface area (Å²) < 4.78 is 5.14. The van der Waals surface area contributed by atoms with Gasteiger partial charge >= 0.3 is 12.2 Å². The van der Waals surface area contributed by atoms with E-state index in [1.165, 1.54) is 4.90 Å². The Balaban J connectivity index is 4.16. The van der Waals surface area contributed by atoms with Crippen LogP contribution in [-0.4, -0.2) is 47.4 Å². The van der Waals surface area contributed by atoms with Gasteiger partial charge in [0.25, 0.3) is 0 Å². The molecule has 0 bridgehead atoms. The van der Waals surface area contributed by atoms with Crippen molar-refractivity contribution in [1.82, 2.24) is 10.2 Å². The summed E-state index contributed by atoms with van der Waals surface area (Å²) in [5, 5.41) is 10.6. The first kappa shape index (κ1) is 14.5. The second-order valence-corrected chi connectivity index (χ2v) is 4.63. The molecule has 0 fully saturated rings. The lowest BCUT2D eigenvalue weighted by Crippen LogP contribution is -2.44. The lowest BCUT2D eigenvalue weighted by Gasteiger charge is -2.28. The van der Waals surface area contributed by atoms with E-state index in [1.54, 1.807) is 34.7 Å². The number of rotatable bonds is 3. The third-order valence-electron chi connectivity index (χ3n) is 1.89. The van der Waals surface area contributed by atoms with Crippen LogP contribution in [0.25, 0.3) is 0 Å². The zero-order chi connectivity index (χ0) is 12.9. The maximum absolute atomic E-state index is 11.6. The van der Waals surface area contributed by atoms with Crippen molar-refractivity contribution in [2.45, 2.75) is 39.3 Å². The van der Waals surface area contributed by atoms with Crippen LogP contribution < -0.4 is 5.32 Å². The molecule has 0 aromatic heterocycles. The number of nitrogens with one attached hydrogen (secondary N) is 1. The maximum Gasteiger partial charge on any atom is 0.410 e. The average Bonchev–Trinajstić information content (AvgIpc) is 2.10. The van der Waals surface area contributed by atoms with Gasteiger partial charge in [-0.25, -0.2) is 9.59 Å². The van der Waals surface area contributed by atoms with Gasteiger partial charge in [0, 0.05) is 19.6 Å². The smallest absolute Gasteiger partial charge is 0.410 e. The molecule has 0 spiro atoms. The number of ether oxygens (including phenoxy) is 1. The van der Waals surface area contributed by atoms with Crippen molar-refractivity contribution in [1.29, 1.82) is 0 Å². The number of hydrogen-bond acceptors (Lipinski definition) is 3. The Labute approximate surface area is 95.6 Å². The van der Waals surface area contributed by atoms with E-state index in [1.807, 2.05) is 0 Å². The van der Waals surface area contributed by atoms with Crippen molar-refractivity contribution in [3.63, 3.8) is 0 Å². The molecule has 0 aromatic rings. The van der Waals surface area contributed by atoms with Crippen LogP contribution in [0.15, 0.2) is 0 Å². The quantitative estimate of drug-likeness (QED) is 0.773. The normalized spacial score (nSPS) is 12.8. The molecule has 94 valence electrons. The van der Waals surface area contributed by atoms with Crippen LogP contribution in [0, 0.1) is 0 Å². The molecule has 0 rings (SSSR count). The Bertz CT molecular complexity index is 260. The van der Waals surface area contributed by atoms with Crippen LogP contribution >= 0.6 is 0 Å². The van der Waals surface area contributed by atoms with Gasteiger partial charge in [-0.2, -0.15) is 0 Å². The predicted octanol–water partition coefficient (Wildman–Crippen LogP) is 1.51. The molecule has 6 nitrogen and oxygen atoms in total. The number of carbonyl (C=O) groups is 2. The molecule has 0 heterocycles. The van der Waals surface area contributed by atoms with Crippen molar-refractivity contribution in [3.05, 3.63) is 0 Å². The monoisotopic (exact) mass is 232 g/mol. The molecule has 0 saturated carbocycles. The molecule has 1 atom stereocenters. The zero-order valence-electron chi connectivity index (χ0n) is 10.4. The van der Waals surface area contributed by atoms with Crippen LogP contribution in [-0.2, 0) is 4.74 Å². The Morgan fingerprint density at radius 1 is 1.44 bits per heavy atom. The molecule has 0 aliphatic heterocycles. The summed E-state index contributed by atoms with van der Waals surface area (Å²) >= 11 is 0. The molecular weight excluding hydrogens is 212 g/mol. The van der Waals surface area contributed by atoms with Crippen molar-refractivity contribution >= 4 is 12.2 Å². The Morgan fingerprint density at radius 2 is 1.94 bits per heavy atom. The van der Waals surface area contributed by atoms with Gasteiger partial charge in [-0.1, -0.05) is 0 Å². The first-order valence-electron chi connectivity index (χ1n) is 5.06. The summed E-state index contributed by atoms with van der Waals surface area (Å²) in [4.78, 5) is 23.2. The van der Waals surface area contributed by atoms with Gasteiger partial charge in [0.05, 0.1) is 0 Å². The maximum atomic E-state index is 11.6. The van der Waals surface area contributed by atoms with Crippen LogP contribution in [0.4, 0.5) is 9.59 Å². The summed E-state index contributed by atoms with van der Waals surface area (Å²) in [6, 6.07) is -0.258. The zero-order valence-corrected chi connectivity index (χ0v) is 10.4. The van der Waals surface area contributed by atoms with E-state index in [-0.39, 0.29) is 12.6 Å². The van der Waals surface area contributed by atoms with E-state index in [2.05, 4.69) is 5.32 Å². The van der Waals surface area contributed by atoms with Gasteiger partial charge in [0.15, 0.2) is 0 Å². The van der Waals surface area contributed by atoms with Crippen molar-refractivity contribution in [2.24, 2.45) is 0 Å². The van der Waals surface area contributed by atoms with Gasteiger partial charge < -0.3 is 20.1 Å². The van der Waals surface area contributed by atoms with Crippen LogP contribution in [0.1, 0.15) is 27.7 Å². The van der Waals surface area contributed by atoms with E-state index in [0.717, 1.165) is 0 Å². The first-order chi connectivity index (χ1) is 7.13. The summed E-state index contributed by atoms with van der Waals surface area (Å²) in [6.07, 6.45) is -1.57. The highest BCUT2D eigenvalue weighted by Gasteiger charge is 2.22. The minimum Gasteiger partial charge on any atom is -0.465 e. The topological polar surface area (TPSA) is 78.9 Å². The van der Waals surface area contributed by atoms with Gasteiger partial charge in [-0.05, 0) is 27.7 Å². The Hall–Kier alpha value is -1.46. The SMILES string of the molecule is CC(CNC(=O)O)N(C)C(=O)OC(C)(C)C. The molecular formula is C10H20N2O4. The minimum absolute atomic E-state index is 0.172. The number of likely N-dealkylation sites (N-methyl/N-ethyl adjacent to an activating group) is 1. The van der Waals surface area contributed by atoms with Gasteiger partial charge in [0.2, 0.25) is 0 Å². The largest absolute Gasteiger partial charge is 0.465 e. The van der Waals surface area contributed by atoms with Crippen LogP contribution in [0.3, 0.4) is 0 Å². The van der Waals surface area contributed by atoms with Gasteiger partial charge in [-0.3, -0.25) is 0 Å². The Morgan fingerprint density at radius 3 is 2.31 bits per heavy atom. The predicted molar refractivity (Wildman–Crippen MR) is 59.5 cm³/mol. The number of nitrogens with zero attached hydrogens (tertiary/aromatic N) is 1. The fraction of sp³-hybridized carbons (Fsp3) is 0.800. The van der Waals surface area contributed by atoms with E-state index < -0.39 is 17.8 Å².